The highest BCUT2D eigenvalue weighted by Gasteiger charge is 2.28. The molecule has 0 unspecified atom stereocenters. The van der Waals surface area contributed by atoms with E-state index in [-0.39, 0.29) is 43.2 Å². The van der Waals surface area contributed by atoms with Crippen LogP contribution < -0.4 is 14.8 Å². The fourth-order valence-electron chi connectivity index (χ4n) is 3.55. The summed E-state index contributed by atoms with van der Waals surface area (Å²) in [6, 6.07) is 8.93. The maximum absolute atomic E-state index is 12.6. The van der Waals surface area contributed by atoms with E-state index >= 15 is 0 Å². The number of hydrogen-bond acceptors (Lipinski definition) is 6. The molecule has 1 aromatic heterocycles. The van der Waals surface area contributed by atoms with Crippen LogP contribution in [0.5, 0.6) is 11.5 Å². The summed E-state index contributed by atoms with van der Waals surface area (Å²) in [5.74, 6) is 1.09. The predicted octanol–water partition coefficient (Wildman–Crippen LogP) is 3.32. The zero-order valence-electron chi connectivity index (χ0n) is 15.9. The molecule has 1 saturated heterocycles. The van der Waals surface area contributed by atoms with Crippen molar-refractivity contribution in [1.82, 2.24) is 4.90 Å². The van der Waals surface area contributed by atoms with E-state index in [0.717, 1.165) is 0 Å². The van der Waals surface area contributed by atoms with Crippen LogP contribution in [0.2, 0.25) is 0 Å². The van der Waals surface area contributed by atoms with Gasteiger partial charge in [0, 0.05) is 43.6 Å². The average molecular weight is 414 g/mol. The lowest BCUT2D eigenvalue weighted by atomic mass is 9.95. The molecule has 7 nitrogen and oxygen atoms in total. The fraction of sp³-hybridized carbons (Fsp3) is 0.381. The van der Waals surface area contributed by atoms with Crippen molar-refractivity contribution < 1.29 is 23.9 Å². The van der Waals surface area contributed by atoms with E-state index in [9.17, 15) is 14.4 Å². The number of amides is 2. The molecule has 152 valence electrons. The number of piperidine rings is 1. The number of hydrogen-bond donors (Lipinski definition) is 1. The van der Waals surface area contributed by atoms with Gasteiger partial charge in [0.25, 0.3) is 0 Å². The molecule has 1 aromatic carbocycles. The molecule has 0 aliphatic carbocycles. The highest BCUT2D eigenvalue weighted by molar-refractivity contribution is 7.12. The number of ketones is 1. The molecule has 1 N–H and O–H groups in total. The normalized spacial score (nSPS) is 15.9. The van der Waals surface area contributed by atoms with E-state index in [4.69, 9.17) is 9.47 Å². The molecule has 2 aliphatic heterocycles. The minimum absolute atomic E-state index is 0.00587. The number of ether oxygens (including phenoxy) is 2. The van der Waals surface area contributed by atoms with Crippen LogP contribution in [0.25, 0.3) is 0 Å². The Bertz CT molecular complexity index is 904. The molecule has 0 spiro atoms. The quantitative estimate of drug-likeness (QED) is 0.733. The number of likely N-dealkylation sites (tertiary alicyclic amines) is 1. The summed E-state index contributed by atoms with van der Waals surface area (Å²) in [4.78, 5) is 39.5. The van der Waals surface area contributed by atoms with Gasteiger partial charge in [-0.25, -0.2) is 0 Å². The first-order chi connectivity index (χ1) is 14.1. The third kappa shape index (κ3) is 4.59. The van der Waals surface area contributed by atoms with Gasteiger partial charge in [-0.15, -0.1) is 11.3 Å². The average Bonchev–Trinajstić information content (AvgIpc) is 3.43. The van der Waals surface area contributed by atoms with Gasteiger partial charge >= 0.3 is 0 Å². The van der Waals surface area contributed by atoms with Gasteiger partial charge < -0.3 is 19.7 Å². The van der Waals surface area contributed by atoms with Gasteiger partial charge in [-0.2, -0.15) is 0 Å². The van der Waals surface area contributed by atoms with Crippen molar-refractivity contribution in [2.75, 3.05) is 25.2 Å². The first-order valence-corrected chi connectivity index (χ1v) is 10.5. The monoisotopic (exact) mass is 414 g/mol. The predicted molar refractivity (Wildman–Crippen MR) is 108 cm³/mol. The molecule has 4 rings (SSSR count). The topological polar surface area (TPSA) is 84.9 Å². The summed E-state index contributed by atoms with van der Waals surface area (Å²) in [6.07, 6.45) is 1.66. The van der Waals surface area contributed by atoms with Gasteiger partial charge in [0.15, 0.2) is 17.3 Å². The number of carbonyl (C=O) groups excluding carboxylic acids is 3. The van der Waals surface area contributed by atoms with Crippen molar-refractivity contribution in [3.63, 3.8) is 0 Å². The highest BCUT2D eigenvalue weighted by Crippen LogP contribution is 2.34. The Morgan fingerprint density at radius 2 is 1.86 bits per heavy atom. The van der Waals surface area contributed by atoms with Gasteiger partial charge in [-0.05, 0) is 36.4 Å². The number of nitrogens with zero attached hydrogens (tertiary/aromatic N) is 1. The molecule has 0 atom stereocenters. The molecule has 29 heavy (non-hydrogen) atoms. The Balaban J connectivity index is 1.23. The second-order valence-electron chi connectivity index (χ2n) is 7.11. The molecule has 3 heterocycles. The number of thiophene rings is 1. The largest absolute Gasteiger partial charge is 0.454 e. The lowest BCUT2D eigenvalue weighted by Crippen LogP contribution is -2.41. The van der Waals surface area contributed by atoms with Gasteiger partial charge in [-0.3, -0.25) is 14.4 Å². The molecule has 8 heteroatoms. The molecule has 2 aromatic rings. The van der Waals surface area contributed by atoms with Crippen LogP contribution in [0.15, 0.2) is 35.7 Å². The molecule has 1 fully saturated rings. The maximum atomic E-state index is 12.6. The Morgan fingerprint density at radius 3 is 2.62 bits per heavy atom. The molecular weight excluding hydrogens is 392 g/mol. The molecule has 0 radical (unpaired) electrons. The molecular formula is C21H22N2O5S. The molecule has 2 amide bonds. The number of Topliss-reactive ketones (excluding diaryl/α,β-unsaturated/α-hetero) is 1. The lowest BCUT2D eigenvalue weighted by molar-refractivity contribution is -0.134. The standard InChI is InChI=1S/C21H22N2O5S/c24-16(19-2-1-11-29-19)4-6-20(25)23-9-7-14(8-10-23)21(26)22-15-3-5-17-18(12-15)28-13-27-17/h1-3,5,11-12,14H,4,6-10,13H2,(H,22,26). The van der Waals surface area contributed by atoms with Gasteiger partial charge in [-0.1, -0.05) is 6.07 Å². The summed E-state index contributed by atoms with van der Waals surface area (Å²) in [5, 5.41) is 4.78. The Labute approximate surface area is 172 Å². The molecule has 2 aliphatic rings. The number of nitrogens with one attached hydrogen (secondary N) is 1. The van der Waals surface area contributed by atoms with Crippen molar-refractivity contribution in [2.45, 2.75) is 25.7 Å². The summed E-state index contributed by atoms with van der Waals surface area (Å²) < 4.78 is 10.6. The summed E-state index contributed by atoms with van der Waals surface area (Å²) in [6.45, 7) is 1.26. The molecule has 0 bridgehead atoms. The van der Waals surface area contributed by atoms with E-state index in [2.05, 4.69) is 5.32 Å². The Hall–Kier alpha value is -2.87. The Morgan fingerprint density at radius 1 is 1.07 bits per heavy atom. The first-order valence-electron chi connectivity index (χ1n) is 9.65. The van der Waals surface area contributed by atoms with E-state index in [1.807, 2.05) is 11.4 Å². The summed E-state index contributed by atoms with van der Waals surface area (Å²) in [7, 11) is 0. The maximum Gasteiger partial charge on any atom is 0.231 e. The second-order valence-corrected chi connectivity index (χ2v) is 8.06. The number of benzene rings is 1. The van der Waals surface area contributed by atoms with Crippen LogP contribution in [0, 0.1) is 5.92 Å². The Kier molecular flexibility index (Phi) is 5.80. The van der Waals surface area contributed by atoms with Gasteiger partial charge in [0.05, 0.1) is 4.88 Å². The van der Waals surface area contributed by atoms with Crippen LogP contribution in [-0.2, 0) is 9.59 Å². The minimum atomic E-state index is -0.141. The highest BCUT2D eigenvalue weighted by atomic mass is 32.1. The van der Waals surface area contributed by atoms with Crippen molar-refractivity contribution in [2.24, 2.45) is 5.92 Å². The summed E-state index contributed by atoms with van der Waals surface area (Å²) in [5.41, 5.74) is 0.671. The SMILES string of the molecule is O=C(CCC(=O)N1CCC(C(=O)Nc2ccc3c(c2)OCO3)CC1)c1cccs1. The van der Waals surface area contributed by atoms with Crippen molar-refractivity contribution in [1.29, 1.82) is 0 Å². The zero-order valence-corrected chi connectivity index (χ0v) is 16.7. The van der Waals surface area contributed by atoms with Crippen LogP contribution >= 0.6 is 11.3 Å². The lowest BCUT2D eigenvalue weighted by Gasteiger charge is -2.31. The van der Waals surface area contributed by atoms with E-state index in [1.54, 1.807) is 29.2 Å². The molecule has 0 saturated carbocycles. The minimum Gasteiger partial charge on any atom is -0.454 e. The second kappa shape index (κ2) is 8.65. The van der Waals surface area contributed by atoms with Crippen LogP contribution in [0.4, 0.5) is 5.69 Å². The summed E-state index contributed by atoms with van der Waals surface area (Å²) >= 11 is 1.40. The van der Waals surface area contributed by atoms with Gasteiger partial charge in [0.1, 0.15) is 0 Å². The van der Waals surface area contributed by atoms with Crippen LogP contribution in [0.1, 0.15) is 35.4 Å². The number of fused-ring (bicyclic) bond motifs is 1. The van der Waals surface area contributed by atoms with Crippen molar-refractivity contribution in [3.8, 4) is 11.5 Å². The first kappa shape index (κ1) is 19.4. The third-order valence-electron chi connectivity index (χ3n) is 5.22. The van der Waals surface area contributed by atoms with Crippen molar-refractivity contribution >= 4 is 34.6 Å². The van der Waals surface area contributed by atoms with E-state index < -0.39 is 0 Å². The zero-order chi connectivity index (χ0) is 20.2. The fourth-order valence-corrected chi connectivity index (χ4v) is 4.24. The number of rotatable bonds is 6. The van der Waals surface area contributed by atoms with Crippen LogP contribution in [-0.4, -0.2) is 42.4 Å². The van der Waals surface area contributed by atoms with Gasteiger partial charge in [0.2, 0.25) is 18.6 Å². The van der Waals surface area contributed by atoms with E-state index in [0.29, 0.717) is 48.0 Å². The van der Waals surface area contributed by atoms with Crippen LogP contribution in [0.3, 0.4) is 0 Å². The third-order valence-corrected chi connectivity index (χ3v) is 6.13. The van der Waals surface area contributed by atoms with E-state index in [1.165, 1.54) is 11.3 Å². The smallest absolute Gasteiger partial charge is 0.231 e. The number of carbonyl (C=O) groups is 3. The van der Waals surface area contributed by atoms with Crippen molar-refractivity contribution in [3.05, 3.63) is 40.6 Å². The number of anilines is 1.